The fraction of sp³-hybridized carbons (Fsp3) is 0.348. The number of aromatic nitrogens is 2. The van der Waals surface area contributed by atoms with Gasteiger partial charge in [-0.15, -0.1) is 0 Å². The number of anilines is 2. The van der Waals surface area contributed by atoms with Crippen molar-refractivity contribution in [3.8, 4) is 5.75 Å². The average molecular weight is 505 g/mol. The highest BCUT2D eigenvalue weighted by Gasteiger charge is 2.20. The van der Waals surface area contributed by atoms with Crippen LogP contribution in [-0.2, 0) is 6.42 Å². The van der Waals surface area contributed by atoms with Crippen LogP contribution < -0.4 is 20.3 Å². The SMILES string of the molecule is COc1cccc(Cc2nsc(N3CCN(CCNC(=O)Nc4ccc(F)c(Cl)c4)CC3)n2)c1. The van der Waals surface area contributed by atoms with Crippen LogP contribution in [0.5, 0.6) is 5.75 Å². The van der Waals surface area contributed by atoms with E-state index < -0.39 is 5.82 Å². The molecule has 34 heavy (non-hydrogen) atoms. The van der Waals surface area contributed by atoms with E-state index in [2.05, 4.69) is 24.8 Å². The van der Waals surface area contributed by atoms with Crippen molar-refractivity contribution >= 4 is 40.0 Å². The second kappa shape index (κ2) is 11.5. The molecule has 0 aliphatic carbocycles. The van der Waals surface area contributed by atoms with Gasteiger partial charge in [0.2, 0.25) is 5.13 Å². The molecule has 8 nitrogen and oxygen atoms in total. The smallest absolute Gasteiger partial charge is 0.319 e. The normalized spacial score (nSPS) is 14.1. The molecular weight excluding hydrogens is 479 g/mol. The number of benzene rings is 2. The van der Waals surface area contributed by atoms with E-state index >= 15 is 0 Å². The van der Waals surface area contributed by atoms with Crippen molar-refractivity contribution in [2.24, 2.45) is 0 Å². The van der Waals surface area contributed by atoms with Gasteiger partial charge in [0, 0.05) is 62.9 Å². The van der Waals surface area contributed by atoms with Gasteiger partial charge in [-0.3, -0.25) is 4.90 Å². The van der Waals surface area contributed by atoms with Gasteiger partial charge < -0.3 is 20.3 Å². The van der Waals surface area contributed by atoms with E-state index in [-0.39, 0.29) is 11.1 Å². The molecule has 0 atom stereocenters. The number of methoxy groups -OCH3 is 1. The lowest BCUT2D eigenvalue weighted by Crippen LogP contribution is -2.48. The number of urea groups is 1. The number of nitrogens with one attached hydrogen (secondary N) is 2. The molecule has 1 saturated heterocycles. The number of halogens is 2. The quantitative estimate of drug-likeness (QED) is 0.484. The van der Waals surface area contributed by atoms with Crippen LogP contribution in [-0.4, -0.2) is 66.7 Å². The molecule has 2 N–H and O–H groups in total. The van der Waals surface area contributed by atoms with Gasteiger partial charge in [0.05, 0.1) is 12.1 Å². The van der Waals surface area contributed by atoms with Crippen LogP contribution in [0.4, 0.5) is 20.0 Å². The molecule has 0 unspecified atom stereocenters. The monoisotopic (exact) mass is 504 g/mol. The number of rotatable bonds is 8. The maximum Gasteiger partial charge on any atom is 0.319 e. The summed E-state index contributed by atoms with van der Waals surface area (Å²) in [6.45, 7) is 4.71. The molecule has 0 saturated carbocycles. The summed E-state index contributed by atoms with van der Waals surface area (Å²) in [5.41, 5.74) is 1.56. The molecule has 0 radical (unpaired) electrons. The molecule has 1 fully saturated rings. The van der Waals surface area contributed by atoms with Crippen molar-refractivity contribution in [2.45, 2.75) is 6.42 Å². The first-order chi connectivity index (χ1) is 16.5. The van der Waals surface area contributed by atoms with Crippen molar-refractivity contribution in [1.82, 2.24) is 19.6 Å². The molecule has 0 spiro atoms. The van der Waals surface area contributed by atoms with Crippen molar-refractivity contribution in [2.75, 3.05) is 56.6 Å². The highest BCUT2D eigenvalue weighted by Crippen LogP contribution is 2.22. The van der Waals surface area contributed by atoms with E-state index in [1.807, 2.05) is 24.3 Å². The number of carbonyl (C=O) groups excluding carboxylic acids is 1. The van der Waals surface area contributed by atoms with Crippen molar-refractivity contribution in [1.29, 1.82) is 0 Å². The zero-order valence-electron chi connectivity index (χ0n) is 18.8. The summed E-state index contributed by atoms with van der Waals surface area (Å²) in [7, 11) is 1.66. The van der Waals surface area contributed by atoms with Crippen molar-refractivity contribution in [3.63, 3.8) is 0 Å². The molecular formula is C23H26ClFN6O2S. The lowest BCUT2D eigenvalue weighted by molar-refractivity contribution is 0.240. The summed E-state index contributed by atoms with van der Waals surface area (Å²) in [6.07, 6.45) is 0.672. The first-order valence-corrected chi connectivity index (χ1v) is 12.1. The van der Waals surface area contributed by atoms with Crippen molar-refractivity contribution < 1.29 is 13.9 Å². The van der Waals surface area contributed by atoms with Gasteiger partial charge in [0.1, 0.15) is 17.4 Å². The second-order valence-electron chi connectivity index (χ2n) is 7.86. The predicted octanol–water partition coefficient (Wildman–Crippen LogP) is 3.87. The van der Waals surface area contributed by atoms with E-state index in [9.17, 15) is 9.18 Å². The van der Waals surface area contributed by atoms with Crippen LogP contribution in [0.1, 0.15) is 11.4 Å². The van der Waals surface area contributed by atoms with Gasteiger partial charge in [-0.1, -0.05) is 23.7 Å². The molecule has 2 heterocycles. The first kappa shape index (κ1) is 24.2. The fourth-order valence-electron chi connectivity index (χ4n) is 3.65. The van der Waals surface area contributed by atoms with Crippen LogP contribution in [0.15, 0.2) is 42.5 Å². The van der Waals surface area contributed by atoms with E-state index in [0.717, 1.165) is 55.0 Å². The summed E-state index contributed by atoms with van der Waals surface area (Å²) >= 11 is 7.17. The van der Waals surface area contributed by atoms with Crippen LogP contribution in [0.3, 0.4) is 0 Å². The second-order valence-corrected chi connectivity index (χ2v) is 9.00. The van der Waals surface area contributed by atoms with Gasteiger partial charge >= 0.3 is 6.03 Å². The summed E-state index contributed by atoms with van der Waals surface area (Å²) in [6, 6.07) is 11.7. The molecule has 2 amide bonds. The van der Waals surface area contributed by atoms with Crippen LogP contribution >= 0.6 is 23.1 Å². The van der Waals surface area contributed by atoms with Gasteiger partial charge in [0.25, 0.3) is 0 Å². The molecule has 11 heteroatoms. The predicted molar refractivity (Wildman–Crippen MR) is 133 cm³/mol. The highest BCUT2D eigenvalue weighted by molar-refractivity contribution is 7.09. The number of carbonyl (C=O) groups is 1. The minimum absolute atomic E-state index is 0.0291. The van der Waals surface area contributed by atoms with Gasteiger partial charge in [-0.05, 0) is 35.9 Å². The lowest BCUT2D eigenvalue weighted by atomic mass is 10.1. The number of hydrogen-bond acceptors (Lipinski definition) is 7. The zero-order chi connectivity index (χ0) is 23.9. The summed E-state index contributed by atoms with van der Waals surface area (Å²) in [5, 5.41) is 6.38. The minimum atomic E-state index is -0.520. The van der Waals surface area contributed by atoms with Crippen LogP contribution in [0.25, 0.3) is 0 Å². The third-order valence-electron chi connectivity index (χ3n) is 5.49. The molecule has 3 aromatic rings. The zero-order valence-corrected chi connectivity index (χ0v) is 20.3. The number of piperazine rings is 1. The minimum Gasteiger partial charge on any atom is -0.497 e. The standard InChI is InChI=1S/C23H26ClFN6O2S/c1-33-18-4-2-3-16(13-18)14-21-28-23(34-29-21)31-11-9-30(10-12-31)8-7-26-22(32)27-17-5-6-20(25)19(24)15-17/h2-6,13,15H,7-12,14H2,1H3,(H2,26,27,32). The van der Waals surface area contributed by atoms with Crippen molar-refractivity contribution in [3.05, 3.63) is 64.7 Å². The Morgan fingerprint density at radius 2 is 2.03 bits per heavy atom. The molecule has 2 aromatic carbocycles. The lowest BCUT2D eigenvalue weighted by Gasteiger charge is -2.34. The highest BCUT2D eigenvalue weighted by atomic mass is 35.5. The Morgan fingerprint density at radius 3 is 2.79 bits per heavy atom. The van der Waals surface area contributed by atoms with E-state index in [0.29, 0.717) is 18.7 Å². The largest absolute Gasteiger partial charge is 0.497 e. The van der Waals surface area contributed by atoms with E-state index in [1.165, 1.54) is 29.7 Å². The van der Waals surface area contributed by atoms with Crippen LogP contribution in [0, 0.1) is 5.82 Å². The summed E-state index contributed by atoms with van der Waals surface area (Å²) in [5.74, 6) is 1.12. The molecule has 4 rings (SSSR count). The van der Waals surface area contributed by atoms with E-state index in [4.69, 9.17) is 21.3 Å². The third-order valence-corrected chi connectivity index (χ3v) is 6.59. The number of hydrogen-bond donors (Lipinski definition) is 2. The fourth-order valence-corrected chi connectivity index (χ4v) is 4.57. The maximum absolute atomic E-state index is 13.2. The maximum atomic E-state index is 13.2. The molecule has 1 aliphatic heterocycles. The Hall–Kier alpha value is -2.95. The molecule has 1 aliphatic rings. The topological polar surface area (TPSA) is 82.6 Å². The Morgan fingerprint density at radius 1 is 1.21 bits per heavy atom. The van der Waals surface area contributed by atoms with Gasteiger partial charge in [-0.2, -0.15) is 4.37 Å². The summed E-state index contributed by atoms with van der Waals surface area (Å²) in [4.78, 5) is 21.3. The van der Waals surface area contributed by atoms with Gasteiger partial charge in [-0.25, -0.2) is 14.2 Å². The number of nitrogens with zero attached hydrogens (tertiary/aromatic N) is 4. The number of ether oxygens (including phenoxy) is 1. The molecule has 180 valence electrons. The van der Waals surface area contributed by atoms with Gasteiger partial charge in [0.15, 0.2) is 0 Å². The Balaban J connectivity index is 1.18. The third kappa shape index (κ3) is 6.55. The Labute approximate surface area is 206 Å². The molecule has 0 bridgehead atoms. The average Bonchev–Trinajstić information content (AvgIpc) is 3.30. The summed E-state index contributed by atoms with van der Waals surface area (Å²) < 4.78 is 23.0. The van der Waals surface area contributed by atoms with E-state index in [1.54, 1.807) is 7.11 Å². The first-order valence-electron chi connectivity index (χ1n) is 10.9. The Bertz CT molecular complexity index is 1120. The van der Waals surface area contributed by atoms with Crippen LogP contribution in [0.2, 0.25) is 5.02 Å². The Kier molecular flexibility index (Phi) is 8.15. The number of amides is 2. The molecule has 1 aromatic heterocycles.